The van der Waals surface area contributed by atoms with Crippen LogP contribution in [0.15, 0.2) is 24.3 Å². The fourth-order valence-electron chi connectivity index (χ4n) is 2.51. The van der Waals surface area contributed by atoms with E-state index >= 15 is 0 Å². The first-order valence-corrected chi connectivity index (χ1v) is 8.39. The molecule has 1 fully saturated rings. The van der Waals surface area contributed by atoms with Crippen molar-refractivity contribution in [3.63, 3.8) is 0 Å². The summed E-state index contributed by atoms with van der Waals surface area (Å²) >= 11 is 0. The molecule has 1 aliphatic rings. The van der Waals surface area contributed by atoms with Gasteiger partial charge < -0.3 is 0 Å². The molecule has 0 amide bonds. The molecular formula is C14H22Si. The lowest BCUT2D eigenvalue weighted by molar-refractivity contribution is 0.590. The molecule has 0 radical (unpaired) electrons. The van der Waals surface area contributed by atoms with Crippen molar-refractivity contribution in [1.82, 2.24) is 0 Å². The standard InChI is InChI=1S/C14H22Si/c1-14(2,3)12-6-8-13(9-7-12)15-10-4-5-11-15/h6-9,15H,4-5,10-11H2,1-3H3. The van der Waals surface area contributed by atoms with Crippen LogP contribution in [0, 0.1) is 0 Å². The first-order chi connectivity index (χ1) is 7.07. The van der Waals surface area contributed by atoms with Gasteiger partial charge in [0.1, 0.15) is 0 Å². The Bertz CT molecular complexity index is 312. The molecule has 1 heteroatoms. The predicted octanol–water partition coefficient (Wildman–Crippen LogP) is 3.21. The number of rotatable bonds is 1. The van der Waals surface area contributed by atoms with E-state index in [0.717, 1.165) is 0 Å². The van der Waals surface area contributed by atoms with Gasteiger partial charge in [-0.15, -0.1) is 0 Å². The molecule has 0 saturated carbocycles. The van der Waals surface area contributed by atoms with Gasteiger partial charge in [-0.25, -0.2) is 0 Å². The molecule has 0 aromatic heterocycles. The fraction of sp³-hybridized carbons (Fsp3) is 0.571. The van der Waals surface area contributed by atoms with Crippen molar-refractivity contribution in [3.05, 3.63) is 29.8 Å². The second kappa shape index (κ2) is 4.13. The van der Waals surface area contributed by atoms with Crippen LogP contribution in [0.3, 0.4) is 0 Å². The quantitative estimate of drug-likeness (QED) is 0.635. The summed E-state index contributed by atoms with van der Waals surface area (Å²) < 4.78 is 0. The molecule has 1 aliphatic heterocycles. The van der Waals surface area contributed by atoms with Crippen LogP contribution < -0.4 is 5.19 Å². The van der Waals surface area contributed by atoms with Gasteiger partial charge in [0.25, 0.3) is 0 Å². The van der Waals surface area contributed by atoms with E-state index in [1.807, 2.05) is 0 Å². The molecule has 0 atom stereocenters. The maximum atomic E-state index is 2.41. The fourth-order valence-corrected chi connectivity index (χ4v) is 5.77. The molecule has 1 heterocycles. The summed E-state index contributed by atoms with van der Waals surface area (Å²) in [4.78, 5) is 0. The van der Waals surface area contributed by atoms with Gasteiger partial charge in [0, 0.05) is 0 Å². The maximum Gasteiger partial charge on any atom is 0.0708 e. The highest BCUT2D eigenvalue weighted by molar-refractivity contribution is 6.73. The molecule has 82 valence electrons. The lowest BCUT2D eigenvalue weighted by Crippen LogP contribution is -2.26. The Hall–Kier alpha value is -0.563. The summed E-state index contributed by atoms with van der Waals surface area (Å²) in [6, 6.07) is 12.6. The van der Waals surface area contributed by atoms with Crippen molar-refractivity contribution in [2.75, 3.05) is 0 Å². The average Bonchev–Trinajstić information content (AvgIpc) is 2.69. The van der Waals surface area contributed by atoms with Crippen LogP contribution in [0.25, 0.3) is 0 Å². The Morgan fingerprint density at radius 2 is 1.47 bits per heavy atom. The zero-order valence-electron chi connectivity index (χ0n) is 10.2. The van der Waals surface area contributed by atoms with Gasteiger partial charge >= 0.3 is 0 Å². The van der Waals surface area contributed by atoms with Gasteiger partial charge in [0.05, 0.1) is 8.80 Å². The molecule has 0 unspecified atom stereocenters. The van der Waals surface area contributed by atoms with Crippen molar-refractivity contribution in [2.45, 2.75) is 51.1 Å². The highest BCUT2D eigenvalue weighted by Gasteiger charge is 2.19. The minimum absolute atomic E-state index is 0.301. The van der Waals surface area contributed by atoms with E-state index in [9.17, 15) is 0 Å². The Morgan fingerprint density at radius 3 is 1.93 bits per heavy atom. The van der Waals surface area contributed by atoms with Crippen LogP contribution in [-0.4, -0.2) is 8.80 Å². The second-order valence-corrected chi connectivity index (χ2v) is 9.07. The van der Waals surface area contributed by atoms with Crippen molar-refractivity contribution >= 4 is 14.0 Å². The lowest BCUT2D eigenvalue weighted by Gasteiger charge is -2.19. The Balaban J connectivity index is 2.16. The summed E-state index contributed by atoms with van der Waals surface area (Å²) in [5.74, 6) is 0. The van der Waals surface area contributed by atoms with Gasteiger partial charge in [-0.1, -0.05) is 75.2 Å². The van der Waals surface area contributed by atoms with E-state index in [-0.39, 0.29) is 0 Å². The van der Waals surface area contributed by atoms with E-state index in [1.54, 1.807) is 5.19 Å². The third kappa shape index (κ3) is 2.51. The van der Waals surface area contributed by atoms with E-state index in [0.29, 0.717) is 5.41 Å². The van der Waals surface area contributed by atoms with Gasteiger partial charge in [0.2, 0.25) is 0 Å². The molecule has 0 bridgehead atoms. The molecule has 0 spiro atoms. The van der Waals surface area contributed by atoms with Crippen LogP contribution in [-0.2, 0) is 5.41 Å². The molecule has 1 aromatic rings. The minimum Gasteiger partial charge on any atom is -0.0631 e. The normalized spacial score (nSPS) is 18.3. The van der Waals surface area contributed by atoms with Gasteiger partial charge in [-0.3, -0.25) is 0 Å². The lowest BCUT2D eigenvalue weighted by atomic mass is 9.87. The maximum absolute atomic E-state index is 2.41. The van der Waals surface area contributed by atoms with Gasteiger partial charge in [-0.2, -0.15) is 0 Å². The minimum atomic E-state index is -0.514. The van der Waals surface area contributed by atoms with Crippen molar-refractivity contribution in [2.24, 2.45) is 0 Å². The van der Waals surface area contributed by atoms with E-state index in [2.05, 4.69) is 45.0 Å². The van der Waals surface area contributed by atoms with Crippen molar-refractivity contribution in [3.8, 4) is 0 Å². The zero-order chi connectivity index (χ0) is 10.9. The highest BCUT2D eigenvalue weighted by Crippen LogP contribution is 2.23. The summed E-state index contributed by atoms with van der Waals surface area (Å²) in [6.45, 7) is 6.86. The topological polar surface area (TPSA) is 0 Å². The summed E-state index contributed by atoms with van der Waals surface area (Å²) in [7, 11) is -0.514. The average molecular weight is 218 g/mol. The van der Waals surface area contributed by atoms with Gasteiger partial charge in [-0.05, 0) is 11.0 Å². The Labute approximate surface area is 95.3 Å². The molecule has 2 rings (SSSR count). The van der Waals surface area contributed by atoms with E-state index < -0.39 is 8.80 Å². The van der Waals surface area contributed by atoms with Crippen molar-refractivity contribution < 1.29 is 0 Å². The molecule has 0 nitrogen and oxygen atoms in total. The zero-order valence-corrected chi connectivity index (χ0v) is 11.4. The number of hydrogen-bond acceptors (Lipinski definition) is 0. The predicted molar refractivity (Wildman–Crippen MR) is 70.8 cm³/mol. The SMILES string of the molecule is CC(C)(C)c1ccc([SiH]2CCCC2)cc1. The Kier molecular flexibility index (Phi) is 3.01. The van der Waals surface area contributed by atoms with Crippen molar-refractivity contribution in [1.29, 1.82) is 0 Å². The van der Waals surface area contributed by atoms with Crippen LogP contribution in [0.1, 0.15) is 39.2 Å². The van der Waals surface area contributed by atoms with Crippen LogP contribution in [0.5, 0.6) is 0 Å². The largest absolute Gasteiger partial charge is 0.0708 e. The number of hydrogen-bond donors (Lipinski definition) is 0. The first-order valence-electron chi connectivity index (χ1n) is 6.18. The Morgan fingerprint density at radius 1 is 0.933 bits per heavy atom. The number of benzene rings is 1. The highest BCUT2D eigenvalue weighted by atomic mass is 28.3. The third-order valence-electron chi connectivity index (χ3n) is 3.60. The summed E-state index contributed by atoms with van der Waals surface area (Å²) in [6.07, 6.45) is 2.97. The van der Waals surface area contributed by atoms with Crippen LogP contribution in [0.4, 0.5) is 0 Å². The first kappa shape index (κ1) is 10.9. The molecule has 1 aromatic carbocycles. The summed E-state index contributed by atoms with van der Waals surface area (Å²) in [5.41, 5.74) is 1.77. The monoisotopic (exact) mass is 218 g/mol. The molecule has 0 aliphatic carbocycles. The van der Waals surface area contributed by atoms with Gasteiger partial charge in [0.15, 0.2) is 0 Å². The molecule has 0 N–H and O–H groups in total. The van der Waals surface area contributed by atoms with Crippen LogP contribution in [0.2, 0.25) is 12.1 Å². The molecule has 15 heavy (non-hydrogen) atoms. The van der Waals surface area contributed by atoms with Crippen LogP contribution >= 0.6 is 0 Å². The third-order valence-corrected chi connectivity index (χ3v) is 7.14. The molecule has 1 saturated heterocycles. The summed E-state index contributed by atoms with van der Waals surface area (Å²) in [5, 5.41) is 1.69. The van der Waals surface area contributed by atoms with E-state index in [1.165, 1.54) is 30.5 Å². The second-order valence-electron chi connectivity index (χ2n) is 5.85. The van der Waals surface area contributed by atoms with E-state index in [4.69, 9.17) is 0 Å². The smallest absolute Gasteiger partial charge is 0.0631 e. The molecular weight excluding hydrogens is 196 g/mol.